The number of hydrogen-bond acceptors (Lipinski definition) is 6. The Balaban J connectivity index is 2.03. The summed E-state index contributed by atoms with van der Waals surface area (Å²) in [6, 6.07) is 5.24. The minimum atomic E-state index is -3.48. The van der Waals surface area contributed by atoms with Gasteiger partial charge in [0.25, 0.3) is 0 Å². The van der Waals surface area contributed by atoms with Crippen molar-refractivity contribution in [1.82, 2.24) is 14.5 Å². The van der Waals surface area contributed by atoms with Gasteiger partial charge in [0.1, 0.15) is 5.65 Å². The van der Waals surface area contributed by atoms with E-state index in [-0.39, 0.29) is 17.2 Å². The highest BCUT2D eigenvalue weighted by molar-refractivity contribution is 7.99. The first-order chi connectivity index (χ1) is 13.4. The third kappa shape index (κ3) is 3.40. The molecule has 1 aliphatic heterocycles. The number of pyridine rings is 2. The van der Waals surface area contributed by atoms with Crippen molar-refractivity contribution in [3.63, 3.8) is 0 Å². The van der Waals surface area contributed by atoms with Gasteiger partial charge in [-0.15, -0.1) is 0 Å². The first-order valence-corrected chi connectivity index (χ1v) is 11.6. The zero-order valence-electron chi connectivity index (χ0n) is 15.2. The average Bonchev–Trinajstić information content (AvgIpc) is 2.96. The summed E-state index contributed by atoms with van der Waals surface area (Å²) in [7, 11) is -3.48. The molecule has 0 fully saturated rings. The molecule has 0 aromatic carbocycles. The number of carbonyl (C=O) groups is 1. The summed E-state index contributed by atoms with van der Waals surface area (Å²) < 4.78 is 26.9. The predicted octanol–water partition coefficient (Wildman–Crippen LogP) is 3.34. The number of carboxylic acids is 1. The second-order valence-corrected chi connectivity index (χ2v) is 9.94. The number of sulfone groups is 1. The Labute approximate surface area is 166 Å². The summed E-state index contributed by atoms with van der Waals surface area (Å²) in [5.74, 6) is -1.05. The maximum absolute atomic E-state index is 12.5. The van der Waals surface area contributed by atoms with E-state index in [0.717, 1.165) is 28.3 Å². The molecule has 146 valence electrons. The number of rotatable bonds is 5. The lowest BCUT2D eigenvalue weighted by molar-refractivity contribution is -0.137. The van der Waals surface area contributed by atoms with Gasteiger partial charge in [0.2, 0.25) is 0 Å². The van der Waals surface area contributed by atoms with Crippen LogP contribution in [0.5, 0.6) is 0 Å². The number of aryl methyl sites for hydroxylation is 1. The summed E-state index contributed by atoms with van der Waals surface area (Å²) in [5.41, 5.74) is 1.46. The van der Waals surface area contributed by atoms with Crippen molar-refractivity contribution < 1.29 is 18.3 Å². The fraction of sp³-hybridized carbons (Fsp3) is 0.316. The van der Waals surface area contributed by atoms with Crippen LogP contribution in [0.1, 0.15) is 30.9 Å². The summed E-state index contributed by atoms with van der Waals surface area (Å²) in [6.45, 7) is 0.690. The van der Waals surface area contributed by atoms with Crippen LogP contribution in [0.15, 0.2) is 51.5 Å². The molecule has 0 bridgehead atoms. The lowest BCUT2D eigenvalue weighted by Crippen LogP contribution is -2.18. The third-order valence-corrected chi connectivity index (χ3v) is 7.13. The van der Waals surface area contributed by atoms with Crippen molar-refractivity contribution in [3.8, 4) is 0 Å². The summed E-state index contributed by atoms with van der Waals surface area (Å²) in [6.07, 6.45) is 7.66. The Morgan fingerprint density at radius 1 is 1.36 bits per heavy atom. The quantitative estimate of drug-likeness (QED) is 0.679. The van der Waals surface area contributed by atoms with Crippen LogP contribution in [0.3, 0.4) is 0 Å². The highest BCUT2D eigenvalue weighted by Crippen LogP contribution is 2.46. The molecular weight excluding hydrogens is 398 g/mol. The van der Waals surface area contributed by atoms with E-state index in [2.05, 4.69) is 9.97 Å². The van der Waals surface area contributed by atoms with E-state index in [1.54, 1.807) is 12.4 Å². The van der Waals surface area contributed by atoms with Crippen molar-refractivity contribution in [2.75, 3.05) is 6.26 Å². The maximum Gasteiger partial charge on any atom is 0.304 e. The first-order valence-electron chi connectivity index (χ1n) is 8.87. The zero-order valence-corrected chi connectivity index (χ0v) is 16.8. The molecular formula is C19H19N3O4S2. The molecule has 3 aromatic rings. The molecule has 0 radical (unpaired) electrons. The van der Waals surface area contributed by atoms with E-state index in [1.807, 2.05) is 16.7 Å². The van der Waals surface area contributed by atoms with Gasteiger partial charge < -0.3 is 9.67 Å². The smallest absolute Gasteiger partial charge is 0.304 e. The monoisotopic (exact) mass is 417 g/mol. The van der Waals surface area contributed by atoms with Gasteiger partial charge in [0.05, 0.1) is 16.7 Å². The first kappa shape index (κ1) is 18.9. The molecule has 4 heterocycles. The molecule has 1 unspecified atom stereocenters. The van der Waals surface area contributed by atoms with Gasteiger partial charge in [-0.3, -0.25) is 9.78 Å². The highest BCUT2D eigenvalue weighted by Gasteiger charge is 2.32. The number of carboxylic acid groups (broad SMARTS) is 1. The van der Waals surface area contributed by atoms with Crippen molar-refractivity contribution in [2.45, 2.75) is 46.4 Å². The molecule has 1 atom stereocenters. The maximum atomic E-state index is 12.5. The molecule has 1 aliphatic rings. The Bertz CT molecular complexity index is 1160. The van der Waals surface area contributed by atoms with Gasteiger partial charge in [0.15, 0.2) is 9.84 Å². The van der Waals surface area contributed by atoms with Gasteiger partial charge in [0, 0.05) is 52.8 Å². The van der Waals surface area contributed by atoms with E-state index in [0.29, 0.717) is 17.6 Å². The van der Waals surface area contributed by atoms with Crippen LogP contribution < -0.4 is 0 Å². The normalized spacial score (nSPS) is 16.8. The van der Waals surface area contributed by atoms with Crippen LogP contribution in [0, 0.1) is 0 Å². The van der Waals surface area contributed by atoms with Crippen LogP contribution in [-0.4, -0.2) is 40.3 Å². The van der Waals surface area contributed by atoms with Crippen LogP contribution in [0.4, 0.5) is 0 Å². The predicted molar refractivity (Wildman–Crippen MR) is 105 cm³/mol. The number of aromatic nitrogens is 3. The van der Waals surface area contributed by atoms with Crippen molar-refractivity contribution in [1.29, 1.82) is 0 Å². The molecule has 0 saturated carbocycles. The van der Waals surface area contributed by atoms with E-state index in [9.17, 15) is 18.3 Å². The Morgan fingerprint density at radius 3 is 2.86 bits per heavy atom. The van der Waals surface area contributed by atoms with Gasteiger partial charge in [-0.1, -0.05) is 11.8 Å². The Morgan fingerprint density at radius 2 is 2.18 bits per heavy atom. The van der Waals surface area contributed by atoms with E-state index >= 15 is 0 Å². The Kier molecular flexibility index (Phi) is 4.88. The Hall–Kier alpha value is -2.39. The molecule has 0 amide bonds. The summed E-state index contributed by atoms with van der Waals surface area (Å²) in [5, 5.41) is 9.97. The van der Waals surface area contributed by atoms with Crippen LogP contribution in [-0.2, 0) is 21.2 Å². The second kappa shape index (κ2) is 7.21. The molecule has 7 nitrogen and oxygen atoms in total. The topological polar surface area (TPSA) is 102 Å². The lowest BCUT2D eigenvalue weighted by atomic mass is 9.93. The third-order valence-electron chi connectivity index (χ3n) is 4.89. The minimum absolute atomic E-state index is 0.00509. The molecule has 9 heteroatoms. The second-order valence-electron chi connectivity index (χ2n) is 6.87. The van der Waals surface area contributed by atoms with Gasteiger partial charge in [-0.2, -0.15) is 0 Å². The van der Waals surface area contributed by atoms with Crippen molar-refractivity contribution in [2.24, 2.45) is 0 Å². The fourth-order valence-corrected chi connectivity index (χ4v) is 5.95. The average molecular weight is 418 g/mol. The fourth-order valence-electron chi connectivity index (χ4n) is 3.83. The molecule has 0 spiro atoms. The van der Waals surface area contributed by atoms with Crippen molar-refractivity contribution in [3.05, 3.63) is 42.5 Å². The molecule has 3 aromatic heterocycles. The molecule has 1 N–H and O–H groups in total. The SMILES string of the molecule is CS(=O)(=O)c1ccnc2c1c(Sc1cccnc1)c1n2CCCC1CC(=O)O. The molecule has 0 saturated heterocycles. The van der Waals surface area contributed by atoms with Gasteiger partial charge >= 0.3 is 5.97 Å². The standard InChI is InChI=1S/C19H19N3O4S2/c1-28(25,26)14-6-8-21-19-16(14)18(27-13-5-2-7-20-11-13)17-12(10-15(23)24)4-3-9-22(17)19/h2,5-8,11-12H,3-4,9-10H2,1H3,(H,23,24). The minimum Gasteiger partial charge on any atom is -0.481 e. The number of fused-ring (bicyclic) bond motifs is 3. The van der Waals surface area contributed by atoms with Crippen LogP contribution >= 0.6 is 11.8 Å². The number of aliphatic carboxylic acids is 1. The van der Waals surface area contributed by atoms with E-state index in [1.165, 1.54) is 30.3 Å². The number of hydrogen-bond donors (Lipinski definition) is 1. The number of nitrogens with zero attached hydrogens (tertiary/aromatic N) is 3. The summed E-state index contributed by atoms with van der Waals surface area (Å²) in [4.78, 5) is 21.9. The van der Waals surface area contributed by atoms with Gasteiger partial charge in [-0.05, 0) is 31.0 Å². The lowest BCUT2D eigenvalue weighted by Gasteiger charge is -2.25. The molecule has 28 heavy (non-hydrogen) atoms. The molecule has 0 aliphatic carbocycles. The largest absolute Gasteiger partial charge is 0.481 e. The summed E-state index contributed by atoms with van der Waals surface area (Å²) >= 11 is 1.42. The van der Waals surface area contributed by atoms with Crippen LogP contribution in [0.25, 0.3) is 11.0 Å². The van der Waals surface area contributed by atoms with E-state index in [4.69, 9.17) is 0 Å². The highest BCUT2D eigenvalue weighted by atomic mass is 32.2. The van der Waals surface area contributed by atoms with Crippen LogP contribution in [0.2, 0.25) is 0 Å². The molecule has 4 rings (SSSR count). The zero-order chi connectivity index (χ0) is 19.9. The van der Waals surface area contributed by atoms with Crippen molar-refractivity contribution >= 4 is 38.6 Å². The van der Waals surface area contributed by atoms with E-state index < -0.39 is 15.8 Å². The van der Waals surface area contributed by atoms with Gasteiger partial charge in [-0.25, -0.2) is 13.4 Å².